The van der Waals surface area contributed by atoms with Gasteiger partial charge >= 0.3 is 0 Å². The van der Waals surface area contributed by atoms with E-state index in [1.165, 1.54) is 38.4 Å². The molecule has 0 heterocycles. The number of amides is 2. The third-order valence-electron chi connectivity index (χ3n) is 4.06. The maximum atomic E-state index is 12.3. The molecule has 29 heavy (non-hydrogen) atoms. The van der Waals surface area contributed by atoms with Gasteiger partial charge in [0.15, 0.2) is 6.61 Å². The maximum Gasteiger partial charge on any atom is 0.276 e. The number of hydroxylamine groups is 1. The third kappa shape index (κ3) is 5.53. The molecule has 2 rings (SSSR count). The molecule has 0 spiro atoms. The van der Waals surface area contributed by atoms with Crippen molar-refractivity contribution in [3.8, 4) is 5.75 Å². The van der Waals surface area contributed by atoms with Gasteiger partial charge in [-0.25, -0.2) is 8.42 Å². The van der Waals surface area contributed by atoms with Crippen LogP contribution in [0, 0.1) is 13.8 Å². The summed E-state index contributed by atoms with van der Waals surface area (Å²) in [4.78, 5) is 28.8. The number of ether oxygens (including phenoxy) is 1. The molecule has 0 saturated carbocycles. The summed E-state index contributed by atoms with van der Waals surface area (Å²) in [6.07, 6.45) is 0. The summed E-state index contributed by atoms with van der Waals surface area (Å²) in [5.74, 6) is -0.638. The zero-order valence-corrected chi connectivity index (χ0v) is 17.4. The molecule has 156 valence electrons. The molecule has 0 aliphatic carbocycles. The Morgan fingerprint density at radius 3 is 2.28 bits per heavy atom. The predicted octanol–water partition coefficient (Wildman–Crippen LogP) is 1.33. The number of hydrazine groups is 1. The van der Waals surface area contributed by atoms with Crippen LogP contribution < -0.4 is 15.6 Å². The average molecular weight is 421 g/mol. The summed E-state index contributed by atoms with van der Waals surface area (Å²) >= 11 is 0. The first-order valence-electron chi connectivity index (χ1n) is 8.58. The van der Waals surface area contributed by atoms with Crippen LogP contribution in [0.1, 0.15) is 21.5 Å². The lowest BCUT2D eigenvalue weighted by molar-refractivity contribution is -0.123. The van der Waals surface area contributed by atoms with Crippen LogP contribution in [0.2, 0.25) is 0 Å². The third-order valence-corrected chi connectivity index (χ3v) is 5.74. The first kappa shape index (κ1) is 22.3. The summed E-state index contributed by atoms with van der Waals surface area (Å²) in [5.41, 5.74) is 6.29. The fraction of sp³-hybridized carbons (Fsp3) is 0.263. The molecule has 2 aromatic carbocycles. The van der Waals surface area contributed by atoms with Gasteiger partial charge in [-0.15, -0.1) is 0 Å². The van der Waals surface area contributed by atoms with Crippen LogP contribution >= 0.6 is 0 Å². The lowest BCUT2D eigenvalue weighted by atomic mass is 10.1. The molecule has 0 saturated heterocycles. The summed E-state index contributed by atoms with van der Waals surface area (Å²) in [5, 5.41) is 0. The Labute approximate surface area is 169 Å². The topological polar surface area (TPSA) is 114 Å². The summed E-state index contributed by atoms with van der Waals surface area (Å²) in [7, 11) is -1.45. The van der Waals surface area contributed by atoms with Gasteiger partial charge in [-0.2, -0.15) is 0 Å². The highest BCUT2D eigenvalue weighted by molar-refractivity contribution is 7.89. The lowest BCUT2D eigenvalue weighted by Gasteiger charge is -2.15. The Hall–Kier alpha value is -2.95. The van der Waals surface area contributed by atoms with E-state index in [-0.39, 0.29) is 17.1 Å². The Morgan fingerprint density at radius 1 is 1.03 bits per heavy atom. The second kappa shape index (κ2) is 9.50. The van der Waals surface area contributed by atoms with Crippen molar-refractivity contribution < 1.29 is 27.6 Å². The second-order valence-electron chi connectivity index (χ2n) is 6.14. The lowest BCUT2D eigenvalue weighted by Crippen LogP contribution is -2.43. The van der Waals surface area contributed by atoms with E-state index in [4.69, 9.17) is 9.57 Å². The van der Waals surface area contributed by atoms with Crippen LogP contribution in [-0.4, -0.2) is 45.5 Å². The Kier molecular flexibility index (Phi) is 7.32. The molecular weight excluding hydrogens is 398 g/mol. The summed E-state index contributed by atoms with van der Waals surface area (Å²) in [6, 6.07) is 11.0. The molecule has 9 nitrogen and oxygen atoms in total. The van der Waals surface area contributed by atoms with E-state index in [0.717, 1.165) is 11.1 Å². The van der Waals surface area contributed by atoms with Crippen LogP contribution in [0.5, 0.6) is 5.75 Å². The second-order valence-corrected chi connectivity index (χ2v) is 8.07. The van der Waals surface area contributed by atoms with Crippen molar-refractivity contribution >= 4 is 21.8 Å². The van der Waals surface area contributed by atoms with Crippen LogP contribution in [0.15, 0.2) is 47.4 Å². The highest BCUT2D eigenvalue weighted by Gasteiger charge is 2.22. The molecule has 10 heteroatoms. The van der Waals surface area contributed by atoms with E-state index in [2.05, 4.69) is 10.9 Å². The molecule has 0 aliphatic heterocycles. The fourth-order valence-corrected chi connectivity index (χ4v) is 3.46. The number of aryl methyl sites for hydroxylation is 2. The molecule has 0 aliphatic rings. The number of hydrogen-bond donors (Lipinski definition) is 2. The SMILES string of the molecule is CON(C)S(=O)(=O)c1cccc(C(=O)NNC(=O)COc2c(C)cccc2C)c1. The van der Waals surface area contributed by atoms with E-state index < -0.39 is 21.8 Å². The number of nitrogens with zero attached hydrogens (tertiary/aromatic N) is 1. The predicted molar refractivity (Wildman–Crippen MR) is 105 cm³/mol. The zero-order chi connectivity index (χ0) is 21.6. The van der Waals surface area contributed by atoms with Gasteiger partial charge in [-0.05, 0) is 43.2 Å². The number of carbonyl (C=O) groups excluding carboxylic acids is 2. The molecule has 0 aromatic heterocycles. The van der Waals surface area contributed by atoms with Gasteiger partial charge in [0.25, 0.3) is 21.8 Å². The van der Waals surface area contributed by atoms with Gasteiger partial charge in [-0.1, -0.05) is 28.7 Å². The molecule has 2 N–H and O–H groups in total. The van der Waals surface area contributed by atoms with Crippen molar-refractivity contribution in [2.75, 3.05) is 20.8 Å². The van der Waals surface area contributed by atoms with Crippen LogP contribution in [0.4, 0.5) is 0 Å². The van der Waals surface area contributed by atoms with E-state index >= 15 is 0 Å². The number of rotatable bonds is 7. The maximum absolute atomic E-state index is 12.3. The normalized spacial score (nSPS) is 11.2. The van der Waals surface area contributed by atoms with Gasteiger partial charge < -0.3 is 4.74 Å². The molecular formula is C19H23N3O6S. The zero-order valence-electron chi connectivity index (χ0n) is 16.6. The van der Waals surface area contributed by atoms with Gasteiger partial charge in [0, 0.05) is 12.6 Å². The molecule has 2 amide bonds. The van der Waals surface area contributed by atoms with Crippen molar-refractivity contribution in [1.82, 2.24) is 15.3 Å². The molecule has 0 atom stereocenters. The van der Waals surface area contributed by atoms with E-state index in [0.29, 0.717) is 10.2 Å². The Balaban J connectivity index is 1.97. The smallest absolute Gasteiger partial charge is 0.276 e. The number of carbonyl (C=O) groups is 2. The molecule has 0 fully saturated rings. The fourth-order valence-electron chi connectivity index (χ4n) is 2.44. The Morgan fingerprint density at radius 2 is 1.66 bits per heavy atom. The van der Waals surface area contributed by atoms with Gasteiger partial charge in [-0.3, -0.25) is 25.3 Å². The quantitative estimate of drug-likeness (QED) is 0.652. The monoisotopic (exact) mass is 421 g/mol. The molecule has 0 radical (unpaired) electrons. The van der Waals surface area contributed by atoms with Gasteiger partial charge in [0.1, 0.15) is 5.75 Å². The van der Waals surface area contributed by atoms with Crippen molar-refractivity contribution in [3.63, 3.8) is 0 Å². The average Bonchev–Trinajstić information content (AvgIpc) is 2.71. The minimum Gasteiger partial charge on any atom is -0.483 e. The molecule has 2 aromatic rings. The highest BCUT2D eigenvalue weighted by atomic mass is 32.2. The van der Waals surface area contributed by atoms with Gasteiger partial charge in [0.05, 0.1) is 12.0 Å². The number of benzene rings is 2. The van der Waals surface area contributed by atoms with Gasteiger partial charge in [0.2, 0.25) is 0 Å². The molecule has 0 unspecified atom stereocenters. The van der Waals surface area contributed by atoms with Crippen LogP contribution in [-0.2, 0) is 19.7 Å². The van der Waals surface area contributed by atoms with Crippen molar-refractivity contribution in [3.05, 3.63) is 59.2 Å². The number of para-hydroxylation sites is 1. The minimum atomic E-state index is -3.90. The number of nitrogens with one attached hydrogen (secondary N) is 2. The first-order chi connectivity index (χ1) is 13.7. The minimum absolute atomic E-state index is 0.0477. The van der Waals surface area contributed by atoms with Crippen molar-refractivity contribution in [2.45, 2.75) is 18.7 Å². The first-order valence-corrected chi connectivity index (χ1v) is 10.0. The van der Waals surface area contributed by atoms with Crippen LogP contribution in [0.3, 0.4) is 0 Å². The van der Waals surface area contributed by atoms with Crippen molar-refractivity contribution in [1.29, 1.82) is 0 Å². The van der Waals surface area contributed by atoms with E-state index in [9.17, 15) is 18.0 Å². The van der Waals surface area contributed by atoms with Crippen LogP contribution in [0.25, 0.3) is 0 Å². The number of hydrogen-bond acceptors (Lipinski definition) is 6. The van der Waals surface area contributed by atoms with E-state index in [1.54, 1.807) is 0 Å². The number of sulfonamides is 1. The largest absolute Gasteiger partial charge is 0.483 e. The summed E-state index contributed by atoms with van der Waals surface area (Å²) < 4.78 is 30.7. The Bertz CT molecular complexity index is 987. The van der Waals surface area contributed by atoms with Crippen molar-refractivity contribution in [2.24, 2.45) is 0 Å². The standard InChI is InChI=1S/C19H23N3O6S/c1-13-7-5-8-14(2)18(13)28-12-17(23)20-21-19(24)15-9-6-10-16(11-15)29(25,26)22(3)27-4/h5-11H,12H2,1-4H3,(H,20,23)(H,21,24). The van der Waals surface area contributed by atoms with E-state index in [1.807, 2.05) is 32.0 Å². The highest BCUT2D eigenvalue weighted by Crippen LogP contribution is 2.22. The molecule has 0 bridgehead atoms. The summed E-state index contributed by atoms with van der Waals surface area (Å²) in [6.45, 7) is 3.44.